The van der Waals surface area contributed by atoms with Crippen LogP contribution < -0.4 is 0 Å². The Kier molecular flexibility index (Phi) is 4.53. The number of aliphatic carboxylic acids is 1. The fraction of sp³-hybridized carbons (Fsp3) is 0.357. The third-order valence-electron chi connectivity index (χ3n) is 2.27. The maximum atomic E-state index is 11.2. The average Bonchev–Trinajstić information content (AvgIpc) is 2.23. The number of carbonyl (C=O) groups is 1. The smallest absolute Gasteiger partial charge is 0.311 e. The number of benzene rings is 1. The maximum absolute atomic E-state index is 11.2. The lowest BCUT2D eigenvalue weighted by Gasteiger charge is -2.09. The van der Waals surface area contributed by atoms with Crippen molar-refractivity contribution >= 4 is 14.0 Å². The van der Waals surface area contributed by atoms with E-state index in [1.54, 1.807) is 0 Å². The first-order chi connectivity index (χ1) is 7.90. The summed E-state index contributed by atoms with van der Waals surface area (Å²) in [6, 6.07) is 9.29. The van der Waals surface area contributed by atoms with Gasteiger partial charge in [0.25, 0.3) is 0 Å². The lowest BCUT2D eigenvalue weighted by Crippen LogP contribution is -2.17. The first kappa shape index (κ1) is 13.5. The van der Waals surface area contributed by atoms with E-state index in [9.17, 15) is 9.90 Å². The highest BCUT2D eigenvalue weighted by atomic mass is 28.3. The Balaban J connectivity index is 2.82. The molecule has 0 saturated heterocycles. The van der Waals surface area contributed by atoms with Gasteiger partial charge in [-0.3, -0.25) is 4.79 Å². The quantitative estimate of drug-likeness (QED) is 0.657. The molecule has 17 heavy (non-hydrogen) atoms. The average molecular weight is 246 g/mol. The standard InChI is InChI=1S/C14H18O2Si/c1-17(2,3)11-7-10-13(14(15)16)12-8-5-4-6-9-12/h4-6,8-9,13H,10H2,1-3H3,(H,15,16). The summed E-state index contributed by atoms with van der Waals surface area (Å²) in [5.74, 6) is 1.72. The lowest BCUT2D eigenvalue weighted by molar-refractivity contribution is -0.138. The molecule has 0 fully saturated rings. The van der Waals surface area contributed by atoms with Crippen molar-refractivity contribution < 1.29 is 9.90 Å². The molecule has 3 heteroatoms. The van der Waals surface area contributed by atoms with Crippen LogP contribution in [-0.4, -0.2) is 19.1 Å². The van der Waals surface area contributed by atoms with Crippen LogP contribution in [0.25, 0.3) is 0 Å². The van der Waals surface area contributed by atoms with E-state index in [1.165, 1.54) is 0 Å². The minimum absolute atomic E-state index is 0.392. The highest BCUT2D eigenvalue weighted by molar-refractivity contribution is 6.83. The normalized spacial score (nSPS) is 12.4. The van der Waals surface area contributed by atoms with Gasteiger partial charge in [0, 0.05) is 6.42 Å². The van der Waals surface area contributed by atoms with Crippen molar-refractivity contribution in [1.82, 2.24) is 0 Å². The Morgan fingerprint density at radius 2 is 1.88 bits per heavy atom. The molecule has 0 spiro atoms. The van der Waals surface area contributed by atoms with Crippen LogP contribution in [0.2, 0.25) is 19.6 Å². The van der Waals surface area contributed by atoms with Crippen molar-refractivity contribution in [2.75, 3.05) is 0 Å². The minimum Gasteiger partial charge on any atom is -0.481 e. The van der Waals surface area contributed by atoms with Crippen LogP contribution in [0, 0.1) is 11.5 Å². The molecule has 0 aliphatic heterocycles. The van der Waals surface area contributed by atoms with E-state index in [-0.39, 0.29) is 0 Å². The van der Waals surface area contributed by atoms with E-state index in [4.69, 9.17) is 0 Å². The van der Waals surface area contributed by atoms with Crippen molar-refractivity contribution in [3.63, 3.8) is 0 Å². The van der Waals surface area contributed by atoms with Crippen LogP contribution in [0.15, 0.2) is 30.3 Å². The van der Waals surface area contributed by atoms with Crippen molar-refractivity contribution in [3.05, 3.63) is 35.9 Å². The molecular formula is C14H18O2Si. The van der Waals surface area contributed by atoms with Gasteiger partial charge in [-0.2, -0.15) is 0 Å². The molecule has 0 amide bonds. The number of rotatable bonds is 3. The summed E-state index contributed by atoms with van der Waals surface area (Å²) in [6.45, 7) is 6.45. The molecule has 0 saturated carbocycles. The molecule has 0 bridgehead atoms. The highest BCUT2D eigenvalue weighted by Gasteiger charge is 2.18. The molecule has 1 rings (SSSR count). The van der Waals surface area contributed by atoms with Crippen LogP contribution in [0.4, 0.5) is 0 Å². The van der Waals surface area contributed by atoms with Crippen LogP contribution >= 0.6 is 0 Å². The highest BCUT2D eigenvalue weighted by Crippen LogP contribution is 2.19. The van der Waals surface area contributed by atoms with Gasteiger partial charge in [-0.05, 0) is 5.56 Å². The maximum Gasteiger partial charge on any atom is 0.311 e. The molecule has 1 atom stereocenters. The Morgan fingerprint density at radius 1 is 1.29 bits per heavy atom. The molecule has 1 aromatic rings. The second kappa shape index (κ2) is 5.69. The van der Waals surface area contributed by atoms with Crippen LogP contribution in [0.3, 0.4) is 0 Å². The van der Waals surface area contributed by atoms with Crippen LogP contribution in [0.1, 0.15) is 17.9 Å². The Hall–Kier alpha value is -1.53. The zero-order chi connectivity index (χ0) is 12.9. The zero-order valence-electron chi connectivity index (χ0n) is 10.5. The van der Waals surface area contributed by atoms with Gasteiger partial charge in [0.1, 0.15) is 8.07 Å². The predicted molar refractivity (Wildman–Crippen MR) is 72.6 cm³/mol. The molecule has 0 heterocycles. The summed E-state index contributed by atoms with van der Waals surface area (Å²) in [4.78, 5) is 11.2. The number of carboxylic acids is 1. The van der Waals surface area contributed by atoms with E-state index in [0.717, 1.165) is 5.56 Å². The summed E-state index contributed by atoms with van der Waals surface area (Å²) in [6.07, 6.45) is 0.392. The third kappa shape index (κ3) is 4.88. The SMILES string of the molecule is C[Si](C)(C)C#CCC(C(=O)O)c1ccccc1. The van der Waals surface area contributed by atoms with E-state index < -0.39 is 20.0 Å². The van der Waals surface area contributed by atoms with Gasteiger partial charge in [-0.25, -0.2) is 0 Å². The predicted octanol–water partition coefficient (Wildman–Crippen LogP) is 3.13. The molecule has 0 radical (unpaired) electrons. The molecule has 2 nitrogen and oxygen atoms in total. The Bertz CT molecular complexity index is 435. The van der Waals surface area contributed by atoms with Gasteiger partial charge in [0.15, 0.2) is 0 Å². The monoisotopic (exact) mass is 246 g/mol. The molecule has 1 aromatic carbocycles. The molecule has 90 valence electrons. The first-order valence-corrected chi connectivity index (χ1v) is 9.18. The Morgan fingerprint density at radius 3 is 2.35 bits per heavy atom. The van der Waals surface area contributed by atoms with Crippen LogP contribution in [-0.2, 0) is 4.79 Å². The molecule has 1 unspecified atom stereocenters. The summed E-state index contributed by atoms with van der Waals surface area (Å²) < 4.78 is 0. The number of hydrogen-bond acceptors (Lipinski definition) is 1. The molecule has 0 aromatic heterocycles. The zero-order valence-corrected chi connectivity index (χ0v) is 11.5. The van der Waals surface area contributed by atoms with Gasteiger partial charge in [0.05, 0.1) is 5.92 Å². The van der Waals surface area contributed by atoms with E-state index in [2.05, 4.69) is 31.1 Å². The summed E-state index contributed by atoms with van der Waals surface area (Å²) in [5, 5.41) is 9.20. The summed E-state index contributed by atoms with van der Waals surface area (Å²) in [7, 11) is -1.41. The molecule has 0 aliphatic carbocycles. The topological polar surface area (TPSA) is 37.3 Å². The summed E-state index contributed by atoms with van der Waals surface area (Å²) >= 11 is 0. The van der Waals surface area contributed by atoms with Crippen molar-refractivity contribution in [3.8, 4) is 11.5 Å². The van der Waals surface area contributed by atoms with Gasteiger partial charge in [0.2, 0.25) is 0 Å². The Labute approximate surface area is 104 Å². The van der Waals surface area contributed by atoms with Gasteiger partial charge in [-0.15, -0.1) is 11.5 Å². The molecular weight excluding hydrogens is 228 g/mol. The van der Waals surface area contributed by atoms with E-state index in [1.807, 2.05) is 30.3 Å². The third-order valence-corrected chi connectivity index (χ3v) is 3.20. The minimum atomic E-state index is -1.41. The van der Waals surface area contributed by atoms with Crippen molar-refractivity contribution in [1.29, 1.82) is 0 Å². The molecule has 0 aliphatic rings. The number of hydrogen-bond donors (Lipinski definition) is 1. The lowest BCUT2D eigenvalue weighted by atomic mass is 9.96. The van der Waals surface area contributed by atoms with Crippen LogP contribution in [0.5, 0.6) is 0 Å². The van der Waals surface area contributed by atoms with Crippen molar-refractivity contribution in [2.24, 2.45) is 0 Å². The number of carboxylic acid groups (broad SMARTS) is 1. The van der Waals surface area contributed by atoms with E-state index in [0.29, 0.717) is 6.42 Å². The van der Waals surface area contributed by atoms with Gasteiger partial charge >= 0.3 is 5.97 Å². The van der Waals surface area contributed by atoms with Gasteiger partial charge in [-0.1, -0.05) is 50.0 Å². The first-order valence-electron chi connectivity index (χ1n) is 5.68. The second-order valence-corrected chi connectivity index (χ2v) is 9.81. The van der Waals surface area contributed by atoms with Crippen molar-refractivity contribution in [2.45, 2.75) is 32.0 Å². The molecule has 1 N–H and O–H groups in total. The van der Waals surface area contributed by atoms with Gasteiger partial charge < -0.3 is 5.11 Å². The van der Waals surface area contributed by atoms with E-state index >= 15 is 0 Å². The second-order valence-electron chi connectivity index (χ2n) is 5.06. The summed E-state index contributed by atoms with van der Waals surface area (Å²) in [5.41, 5.74) is 4.03. The largest absolute Gasteiger partial charge is 0.481 e. The fourth-order valence-corrected chi connectivity index (χ4v) is 2.08. The fourth-order valence-electron chi connectivity index (χ4n) is 1.45.